The zero-order valence-corrected chi connectivity index (χ0v) is 10.1. The van der Waals surface area contributed by atoms with Crippen molar-refractivity contribution >= 4 is 17.2 Å². The molecule has 2 atom stereocenters. The van der Waals surface area contributed by atoms with Crippen molar-refractivity contribution in [3.8, 4) is 0 Å². The highest BCUT2D eigenvalue weighted by molar-refractivity contribution is 7.12. The Bertz CT molecular complexity index is 335. The summed E-state index contributed by atoms with van der Waals surface area (Å²) in [6.07, 6.45) is 0. The first-order chi connectivity index (χ1) is 7.06. The number of hydrogen-bond acceptors (Lipinski definition) is 3. The molecule has 0 spiro atoms. The molecule has 0 radical (unpaired) electrons. The fraction of sp³-hybridized carbons (Fsp3) is 0.545. The number of thiophene rings is 1. The zero-order valence-electron chi connectivity index (χ0n) is 9.28. The maximum atomic E-state index is 11.8. The van der Waals surface area contributed by atoms with Crippen molar-refractivity contribution < 1.29 is 9.90 Å². The number of carbonyl (C=O) groups is 1. The summed E-state index contributed by atoms with van der Waals surface area (Å²) in [5.41, 5.74) is 1.00. The summed E-state index contributed by atoms with van der Waals surface area (Å²) in [7, 11) is 0. The minimum Gasteiger partial charge on any atom is -0.396 e. The van der Waals surface area contributed by atoms with E-state index in [1.165, 1.54) is 11.3 Å². The van der Waals surface area contributed by atoms with E-state index in [2.05, 4.69) is 5.32 Å². The lowest BCUT2D eigenvalue weighted by atomic mass is 10.1. The van der Waals surface area contributed by atoms with E-state index in [0.717, 1.165) is 10.4 Å². The highest BCUT2D eigenvalue weighted by Gasteiger charge is 2.16. The van der Waals surface area contributed by atoms with Crippen LogP contribution < -0.4 is 5.32 Å². The fourth-order valence-corrected chi connectivity index (χ4v) is 2.01. The third kappa shape index (κ3) is 3.04. The first kappa shape index (κ1) is 12.2. The molecule has 4 heteroatoms. The number of rotatable bonds is 4. The summed E-state index contributed by atoms with van der Waals surface area (Å²) in [5, 5.41) is 13.7. The number of aliphatic hydroxyl groups is 1. The highest BCUT2D eigenvalue weighted by Crippen LogP contribution is 2.15. The van der Waals surface area contributed by atoms with Gasteiger partial charge in [-0.1, -0.05) is 6.92 Å². The van der Waals surface area contributed by atoms with Gasteiger partial charge in [-0.15, -0.1) is 11.3 Å². The van der Waals surface area contributed by atoms with Crippen LogP contribution in [-0.4, -0.2) is 23.7 Å². The predicted molar refractivity (Wildman–Crippen MR) is 62.2 cm³/mol. The van der Waals surface area contributed by atoms with Crippen molar-refractivity contribution in [2.24, 2.45) is 5.92 Å². The van der Waals surface area contributed by atoms with Crippen LogP contribution in [0.5, 0.6) is 0 Å². The SMILES string of the molecule is Cc1ccsc1C(=O)NC(C)C(C)CO. The smallest absolute Gasteiger partial charge is 0.261 e. The molecule has 2 unspecified atom stereocenters. The molecule has 3 nitrogen and oxygen atoms in total. The first-order valence-electron chi connectivity index (χ1n) is 5.02. The van der Waals surface area contributed by atoms with Gasteiger partial charge in [-0.25, -0.2) is 0 Å². The summed E-state index contributed by atoms with van der Waals surface area (Å²) in [5.74, 6) is 0.0320. The van der Waals surface area contributed by atoms with Crippen LogP contribution in [-0.2, 0) is 0 Å². The van der Waals surface area contributed by atoms with Gasteiger partial charge >= 0.3 is 0 Å². The van der Waals surface area contributed by atoms with E-state index in [4.69, 9.17) is 5.11 Å². The van der Waals surface area contributed by atoms with Gasteiger partial charge in [0, 0.05) is 12.6 Å². The third-order valence-electron chi connectivity index (χ3n) is 2.57. The Morgan fingerprint density at radius 1 is 1.60 bits per heavy atom. The summed E-state index contributed by atoms with van der Waals surface area (Å²) in [6, 6.07) is 1.92. The second-order valence-electron chi connectivity index (χ2n) is 3.85. The van der Waals surface area contributed by atoms with Crippen LogP contribution >= 0.6 is 11.3 Å². The van der Waals surface area contributed by atoms with Gasteiger partial charge in [0.05, 0.1) is 4.88 Å². The van der Waals surface area contributed by atoms with E-state index < -0.39 is 0 Å². The van der Waals surface area contributed by atoms with Gasteiger partial charge in [-0.2, -0.15) is 0 Å². The third-order valence-corrected chi connectivity index (χ3v) is 3.58. The van der Waals surface area contributed by atoms with Gasteiger partial charge in [0.2, 0.25) is 0 Å². The van der Waals surface area contributed by atoms with Crippen molar-refractivity contribution in [1.29, 1.82) is 0 Å². The molecular formula is C11H17NO2S. The van der Waals surface area contributed by atoms with Gasteiger partial charge in [-0.05, 0) is 36.8 Å². The molecule has 1 aromatic heterocycles. The summed E-state index contributed by atoms with van der Waals surface area (Å²) in [4.78, 5) is 12.5. The Hall–Kier alpha value is -0.870. The average molecular weight is 227 g/mol. The van der Waals surface area contributed by atoms with Crippen LogP contribution in [0.1, 0.15) is 29.1 Å². The average Bonchev–Trinajstić information content (AvgIpc) is 2.63. The van der Waals surface area contributed by atoms with Gasteiger partial charge in [-0.3, -0.25) is 4.79 Å². The zero-order chi connectivity index (χ0) is 11.4. The van der Waals surface area contributed by atoms with E-state index in [9.17, 15) is 4.79 Å². The van der Waals surface area contributed by atoms with Crippen molar-refractivity contribution in [3.63, 3.8) is 0 Å². The molecule has 1 rings (SSSR count). The van der Waals surface area contributed by atoms with Crippen molar-refractivity contribution in [2.45, 2.75) is 26.8 Å². The van der Waals surface area contributed by atoms with Crippen LogP contribution in [0.2, 0.25) is 0 Å². The van der Waals surface area contributed by atoms with Gasteiger partial charge in [0.1, 0.15) is 0 Å². The number of nitrogens with one attached hydrogen (secondary N) is 1. The quantitative estimate of drug-likeness (QED) is 0.824. The second-order valence-corrected chi connectivity index (χ2v) is 4.77. The monoisotopic (exact) mass is 227 g/mol. The number of aryl methyl sites for hydroxylation is 1. The van der Waals surface area contributed by atoms with Gasteiger partial charge in [0.15, 0.2) is 0 Å². The fourth-order valence-electron chi connectivity index (χ4n) is 1.18. The van der Waals surface area contributed by atoms with Crippen LogP contribution in [0.15, 0.2) is 11.4 Å². The minimum atomic E-state index is -0.0460. The standard InChI is InChI=1S/C11H17NO2S/c1-7-4-5-15-10(7)11(14)12-9(3)8(2)6-13/h4-5,8-9,13H,6H2,1-3H3,(H,12,14). The van der Waals surface area contributed by atoms with E-state index in [1.807, 2.05) is 32.2 Å². The summed E-state index contributed by atoms with van der Waals surface area (Å²) >= 11 is 1.44. The lowest BCUT2D eigenvalue weighted by molar-refractivity contribution is 0.0920. The molecular weight excluding hydrogens is 210 g/mol. The molecule has 0 saturated carbocycles. The predicted octanol–water partition coefficient (Wildman–Crippen LogP) is 1.80. The summed E-state index contributed by atoms with van der Waals surface area (Å²) in [6.45, 7) is 5.82. The Kier molecular flexibility index (Phi) is 4.29. The van der Waals surface area contributed by atoms with E-state index in [1.54, 1.807) is 0 Å². The molecule has 0 saturated heterocycles. The molecule has 0 aliphatic carbocycles. The lowest BCUT2D eigenvalue weighted by Gasteiger charge is -2.18. The van der Waals surface area contributed by atoms with Gasteiger partial charge in [0.25, 0.3) is 5.91 Å². The van der Waals surface area contributed by atoms with Crippen LogP contribution in [0.4, 0.5) is 0 Å². The van der Waals surface area contributed by atoms with Crippen LogP contribution in [0, 0.1) is 12.8 Å². The van der Waals surface area contributed by atoms with Crippen molar-refractivity contribution in [3.05, 3.63) is 21.9 Å². The second kappa shape index (κ2) is 5.28. The Morgan fingerprint density at radius 3 is 2.73 bits per heavy atom. The van der Waals surface area contributed by atoms with Gasteiger partial charge < -0.3 is 10.4 Å². The van der Waals surface area contributed by atoms with Crippen molar-refractivity contribution in [2.75, 3.05) is 6.61 Å². The molecule has 15 heavy (non-hydrogen) atoms. The Morgan fingerprint density at radius 2 is 2.27 bits per heavy atom. The largest absolute Gasteiger partial charge is 0.396 e. The molecule has 1 aromatic rings. The molecule has 1 heterocycles. The van der Waals surface area contributed by atoms with E-state index >= 15 is 0 Å². The van der Waals surface area contributed by atoms with E-state index in [-0.39, 0.29) is 24.5 Å². The highest BCUT2D eigenvalue weighted by atomic mass is 32.1. The first-order valence-corrected chi connectivity index (χ1v) is 5.90. The number of hydrogen-bond donors (Lipinski definition) is 2. The van der Waals surface area contributed by atoms with Crippen LogP contribution in [0.3, 0.4) is 0 Å². The number of aliphatic hydroxyl groups excluding tert-OH is 1. The van der Waals surface area contributed by atoms with E-state index in [0.29, 0.717) is 0 Å². The maximum Gasteiger partial charge on any atom is 0.261 e. The normalized spacial score (nSPS) is 14.7. The maximum absolute atomic E-state index is 11.8. The summed E-state index contributed by atoms with van der Waals surface area (Å²) < 4.78 is 0. The van der Waals surface area contributed by atoms with Crippen molar-refractivity contribution in [1.82, 2.24) is 5.32 Å². The molecule has 0 aliphatic heterocycles. The topological polar surface area (TPSA) is 49.3 Å². The molecule has 84 valence electrons. The lowest BCUT2D eigenvalue weighted by Crippen LogP contribution is -2.38. The number of amides is 1. The molecule has 0 fully saturated rings. The Labute approximate surface area is 94.1 Å². The molecule has 2 N–H and O–H groups in total. The molecule has 0 bridgehead atoms. The van der Waals surface area contributed by atoms with Crippen LogP contribution in [0.25, 0.3) is 0 Å². The molecule has 1 amide bonds. The Balaban J connectivity index is 2.60. The minimum absolute atomic E-state index is 0.0102. The number of carbonyl (C=O) groups excluding carboxylic acids is 1. The molecule has 0 aromatic carbocycles. The molecule has 0 aliphatic rings.